The fourth-order valence-electron chi connectivity index (χ4n) is 3.15. The number of benzene rings is 2. The van der Waals surface area contributed by atoms with Crippen molar-refractivity contribution in [1.82, 2.24) is 15.2 Å². The Morgan fingerprint density at radius 2 is 1.84 bits per heavy atom. The van der Waals surface area contributed by atoms with Gasteiger partial charge >= 0.3 is 0 Å². The van der Waals surface area contributed by atoms with Crippen molar-refractivity contribution in [2.45, 2.75) is 12.8 Å². The molecule has 4 rings (SSSR count). The Morgan fingerprint density at radius 1 is 1.03 bits per heavy atom. The Balaban J connectivity index is 1.45. The summed E-state index contributed by atoms with van der Waals surface area (Å²) in [6.07, 6.45) is 4.84. The average molecular weight is 441 g/mol. The molecule has 158 valence electrons. The molecule has 0 atom stereocenters. The van der Waals surface area contributed by atoms with Crippen molar-refractivity contribution in [2.24, 2.45) is 0 Å². The highest BCUT2D eigenvalue weighted by atomic mass is 32.1. The van der Waals surface area contributed by atoms with Gasteiger partial charge in [0.05, 0.1) is 12.7 Å². The summed E-state index contributed by atoms with van der Waals surface area (Å²) >= 11 is 1.24. The number of nitrogens with one attached hydrogen (secondary N) is 1. The van der Waals surface area contributed by atoms with Crippen LogP contribution in [0.5, 0.6) is 5.75 Å². The van der Waals surface area contributed by atoms with Crippen LogP contribution in [0.4, 0.5) is 5.13 Å². The van der Waals surface area contributed by atoms with Crippen LogP contribution in [0.1, 0.15) is 27.3 Å². The molecule has 2 aromatic heterocycles. The fraction of sp³-hybridized carbons (Fsp3) is 0.120. The maximum absolute atomic E-state index is 13.0. The molecular weight excluding hydrogens is 420 g/mol. The summed E-state index contributed by atoms with van der Waals surface area (Å²) in [4.78, 5) is 17.1. The molecule has 2 heterocycles. The number of para-hydroxylation sites is 1. The van der Waals surface area contributed by atoms with Crippen LogP contribution in [0.2, 0.25) is 0 Å². The van der Waals surface area contributed by atoms with Gasteiger partial charge in [-0.3, -0.25) is 15.1 Å². The second-order valence-electron chi connectivity index (χ2n) is 6.78. The maximum Gasteiger partial charge on any atom is 0.258 e. The normalized spacial score (nSPS) is 10.2. The molecule has 0 radical (unpaired) electrons. The van der Waals surface area contributed by atoms with Crippen molar-refractivity contribution in [1.29, 1.82) is 0 Å². The van der Waals surface area contributed by atoms with Crippen LogP contribution in [0.15, 0.2) is 73.1 Å². The molecule has 0 saturated carbocycles. The Kier molecular flexibility index (Phi) is 6.85. The van der Waals surface area contributed by atoms with Crippen molar-refractivity contribution in [2.75, 3.05) is 12.4 Å². The van der Waals surface area contributed by atoms with E-state index in [4.69, 9.17) is 4.74 Å². The first-order valence-corrected chi connectivity index (χ1v) is 10.8. The van der Waals surface area contributed by atoms with Crippen molar-refractivity contribution < 1.29 is 9.53 Å². The standard InChI is InChI=1S/C25H20N4O2S/c1-31-22-13-7-6-12-19(22)21-17-26-16-15-20(21)24(30)27-25-29-28-23(32-25)14-8-5-11-18-9-3-2-4-10-18/h2-4,6-7,9-10,12-13,15-17H,5,11H2,1H3,(H,27,29,30). The third kappa shape index (κ3) is 5.17. The molecule has 0 saturated heterocycles. The van der Waals surface area contributed by atoms with Crippen LogP contribution in [-0.2, 0) is 6.42 Å². The molecular formula is C25H20N4O2S. The van der Waals surface area contributed by atoms with Crippen LogP contribution in [0, 0.1) is 11.8 Å². The van der Waals surface area contributed by atoms with Crippen LogP contribution in [0.3, 0.4) is 0 Å². The van der Waals surface area contributed by atoms with Gasteiger partial charge < -0.3 is 4.74 Å². The number of carbonyl (C=O) groups excluding carboxylic acids is 1. The van der Waals surface area contributed by atoms with Crippen molar-refractivity contribution in [3.63, 3.8) is 0 Å². The molecule has 32 heavy (non-hydrogen) atoms. The summed E-state index contributed by atoms with van der Waals surface area (Å²) < 4.78 is 5.44. The Bertz CT molecular complexity index is 1280. The predicted octanol–water partition coefficient (Wildman–Crippen LogP) is 4.85. The quantitative estimate of drug-likeness (QED) is 0.434. The lowest BCUT2D eigenvalue weighted by Crippen LogP contribution is -2.13. The van der Waals surface area contributed by atoms with E-state index in [1.807, 2.05) is 42.5 Å². The fourth-order valence-corrected chi connectivity index (χ4v) is 3.77. The number of hydrogen-bond acceptors (Lipinski definition) is 6. The van der Waals surface area contributed by atoms with Gasteiger partial charge in [-0.2, -0.15) is 0 Å². The number of ether oxygens (including phenoxy) is 1. The van der Waals surface area contributed by atoms with E-state index in [-0.39, 0.29) is 5.91 Å². The van der Waals surface area contributed by atoms with E-state index in [2.05, 4.69) is 44.5 Å². The van der Waals surface area contributed by atoms with E-state index < -0.39 is 0 Å². The lowest BCUT2D eigenvalue weighted by atomic mass is 10.0. The van der Waals surface area contributed by atoms with Gasteiger partial charge in [0.15, 0.2) is 5.01 Å². The first-order valence-electron chi connectivity index (χ1n) is 9.99. The SMILES string of the molecule is COc1ccccc1-c1cnccc1C(=O)Nc1nnc(C#CCCc2ccccc2)s1. The molecule has 2 aromatic carbocycles. The molecule has 1 N–H and O–H groups in total. The van der Waals surface area contributed by atoms with Gasteiger partial charge in [0.1, 0.15) is 5.75 Å². The molecule has 1 amide bonds. The summed E-state index contributed by atoms with van der Waals surface area (Å²) in [7, 11) is 1.60. The van der Waals surface area contributed by atoms with E-state index >= 15 is 0 Å². The van der Waals surface area contributed by atoms with Crippen molar-refractivity contribution in [3.8, 4) is 28.7 Å². The number of hydrogen-bond donors (Lipinski definition) is 1. The molecule has 0 aliphatic carbocycles. The highest BCUT2D eigenvalue weighted by Gasteiger charge is 2.17. The lowest BCUT2D eigenvalue weighted by Gasteiger charge is -2.11. The smallest absolute Gasteiger partial charge is 0.258 e. The number of aromatic nitrogens is 3. The predicted molar refractivity (Wildman–Crippen MR) is 126 cm³/mol. The zero-order chi connectivity index (χ0) is 22.2. The minimum atomic E-state index is -0.298. The first kappa shape index (κ1) is 21.2. The molecule has 7 heteroatoms. The molecule has 6 nitrogen and oxygen atoms in total. The highest BCUT2D eigenvalue weighted by molar-refractivity contribution is 7.15. The minimum Gasteiger partial charge on any atom is -0.496 e. The van der Waals surface area contributed by atoms with Crippen molar-refractivity contribution >= 4 is 22.4 Å². The van der Waals surface area contributed by atoms with Gasteiger partial charge in [-0.05, 0) is 30.0 Å². The molecule has 0 aliphatic rings. The van der Waals surface area contributed by atoms with Crippen LogP contribution >= 0.6 is 11.3 Å². The number of anilines is 1. The number of amides is 1. The topological polar surface area (TPSA) is 77.0 Å². The second-order valence-corrected chi connectivity index (χ2v) is 7.75. The van der Waals surface area contributed by atoms with E-state index in [1.165, 1.54) is 16.9 Å². The van der Waals surface area contributed by atoms with Crippen LogP contribution in [0.25, 0.3) is 11.1 Å². The summed E-state index contributed by atoms with van der Waals surface area (Å²) in [5.74, 6) is 6.50. The number of carbonyl (C=O) groups is 1. The average Bonchev–Trinajstić information content (AvgIpc) is 3.29. The lowest BCUT2D eigenvalue weighted by molar-refractivity contribution is 0.102. The van der Waals surface area contributed by atoms with Crippen molar-refractivity contribution in [3.05, 3.63) is 89.2 Å². The molecule has 0 unspecified atom stereocenters. The van der Waals surface area contributed by atoms with E-state index in [9.17, 15) is 4.79 Å². The van der Waals surface area contributed by atoms with E-state index in [0.29, 0.717) is 27.0 Å². The zero-order valence-corrected chi connectivity index (χ0v) is 18.2. The Labute approximate surface area is 190 Å². The van der Waals surface area contributed by atoms with Gasteiger partial charge in [-0.25, -0.2) is 0 Å². The van der Waals surface area contributed by atoms with Gasteiger partial charge in [-0.15, -0.1) is 10.2 Å². The van der Waals surface area contributed by atoms with Gasteiger partial charge in [0.25, 0.3) is 5.91 Å². The molecule has 0 aliphatic heterocycles. The summed E-state index contributed by atoms with van der Waals surface area (Å²) in [5.41, 5.74) is 3.17. The Hall–Kier alpha value is -4.02. The van der Waals surface area contributed by atoms with Gasteiger partial charge in [0, 0.05) is 29.9 Å². The van der Waals surface area contributed by atoms with Crippen LogP contribution < -0.4 is 10.1 Å². The number of rotatable bonds is 6. The summed E-state index contributed by atoms with van der Waals surface area (Å²) in [6.45, 7) is 0. The zero-order valence-electron chi connectivity index (χ0n) is 17.4. The van der Waals surface area contributed by atoms with Gasteiger partial charge in [-0.1, -0.05) is 65.8 Å². The number of methoxy groups -OCH3 is 1. The maximum atomic E-state index is 13.0. The molecule has 0 fully saturated rings. The highest BCUT2D eigenvalue weighted by Crippen LogP contribution is 2.32. The third-order valence-corrected chi connectivity index (χ3v) is 5.44. The number of pyridine rings is 1. The Morgan fingerprint density at radius 3 is 2.69 bits per heavy atom. The summed E-state index contributed by atoms with van der Waals surface area (Å²) in [6, 6.07) is 19.4. The number of aryl methyl sites for hydroxylation is 1. The van der Waals surface area contributed by atoms with Gasteiger partial charge in [0.2, 0.25) is 5.13 Å². The number of nitrogens with zero attached hydrogens (tertiary/aromatic N) is 3. The van der Waals surface area contributed by atoms with E-state index in [1.54, 1.807) is 25.6 Å². The first-order chi connectivity index (χ1) is 15.7. The molecule has 0 spiro atoms. The molecule has 0 bridgehead atoms. The second kappa shape index (κ2) is 10.3. The largest absolute Gasteiger partial charge is 0.496 e. The molecule has 4 aromatic rings. The van der Waals surface area contributed by atoms with Crippen LogP contribution in [-0.4, -0.2) is 28.2 Å². The minimum absolute atomic E-state index is 0.298. The summed E-state index contributed by atoms with van der Waals surface area (Å²) in [5, 5.41) is 11.9. The third-order valence-electron chi connectivity index (χ3n) is 4.69. The monoisotopic (exact) mass is 440 g/mol. The van der Waals surface area contributed by atoms with E-state index in [0.717, 1.165) is 18.4 Å².